The standard InChI is InChI=1S/C11H21NO/c1-8(2)5-10-6-12(9(3)4)7-11(10)13/h8-10H,5-7H2,1-4H3/t10-/m1/s1. The van der Waals surface area contributed by atoms with E-state index in [9.17, 15) is 4.79 Å². The van der Waals surface area contributed by atoms with E-state index in [0.717, 1.165) is 13.0 Å². The minimum Gasteiger partial charge on any atom is -0.298 e. The summed E-state index contributed by atoms with van der Waals surface area (Å²) in [6.45, 7) is 10.3. The Morgan fingerprint density at radius 1 is 1.38 bits per heavy atom. The van der Waals surface area contributed by atoms with Crippen LogP contribution >= 0.6 is 0 Å². The first kappa shape index (κ1) is 10.7. The van der Waals surface area contributed by atoms with Gasteiger partial charge in [-0.15, -0.1) is 0 Å². The van der Waals surface area contributed by atoms with E-state index < -0.39 is 0 Å². The van der Waals surface area contributed by atoms with Crippen molar-refractivity contribution in [1.82, 2.24) is 4.90 Å². The van der Waals surface area contributed by atoms with Crippen molar-refractivity contribution in [3.8, 4) is 0 Å². The van der Waals surface area contributed by atoms with Gasteiger partial charge in [0.1, 0.15) is 0 Å². The molecule has 0 spiro atoms. The highest BCUT2D eigenvalue weighted by Gasteiger charge is 2.31. The van der Waals surface area contributed by atoms with Crippen molar-refractivity contribution >= 4 is 5.78 Å². The van der Waals surface area contributed by atoms with Crippen LogP contribution in [-0.2, 0) is 4.79 Å². The van der Waals surface area contributed by atoms with Crippen molar-refractivity contribution in [3.63, 3.8) is 0 Å². The Hall–Kier alpha value is -0.370. The third-order valence-corrected chi connectivity index (χ3v) is 2.76. The van der Waals surface area contributed by atoms with Gasteiger partial charge >= 0.3 is 0 Å². The SMILES string of the molecule is CC(C)C[C@@H]1CN(C(C)C)CC1=O. The largest absolute Gasteiger partial charge is 0.298 e. The highest BCUT2D eigenvalue weighted by molar-refractivity contribution is 5.85. The molecule has 1 aliphatic heterocycles. The van der Waals surface area contributed by atoms with Crippen LogP contribution in [-0.4, -0.2) is 29.8 Å². The van der Waals surface area contributed by atoms with E-state index in [4.69, 9.17) is 0 Å². The van der Waals surface area contributed by atoms with E-state index in [2.05, 4.69) is 32.6 Å². The lowest BCUT2D eigenvalue weighted by molar-refractivity contribution is -0.120. The lowest BCUT2D eigenvalue weighted by atomic mass is 9.96. The lowest BCUT2D eigenvalue weighted by Crippen LogP contribution is -2.28. The van der Waals surface area contributed by atoms with E-state index in [-0.39, 0.29) is 0 Å². The van der Waals surface area contributed by atoms with Gasteiger partial charge in [-0.05, 0) is 26.2 Å². The first-order chi connectivity index (χ1) is 6.00. The maximum atomic E-state index is 11.6. The summed E-state index contributed by atoms with van der Waals surface area (Å²) in [6, 6.07) is 0.515. The summed E-state index contributed by atoms with van der Waals surface area (Å²) >= 11 is 0. The van der Waals surface area contributed by atoms with Crippen molar-refractivity contribution in [3.05, 3.63) is 0 Å². The van der Waals surface area contributed by atoms with Gasteiger partial charge in [0.05, 0.1) is 6.54 Å². The monoisotopic (exact) mass is 183 g/mol. The predicted molar refractivity (Wildman–Crippen MR) is 54.7 cm³/mol. The molecule has 1 atom stereocenters. The van der Waals surface area contributed by atoms with Crippen LogP contribution in [0.4, 0.5) is 0 Å². The van der Waals surface area contributed by atoms with Gasteiger partial charge in [-0.3, -0.25) is 9.69 Å². The average molecular weight is 183 g/mol. The smallest absolute Gasteiger partial charge is 0.151 e. The number of rotatable bonds is 3. The van der Waals surface area contributed by atoms with Crippen molar-refractivity contribution in [1.29, 1.82) is 0 Å². The molecule has 0 amide bonds. The van der Waals surface area contributed by atoms with Crippen LogP contribution in [0.2, 0.25) is 0 Å². The first-order valence-electron chi connectivity index (χ1n) is 5.27. The number of hydrogen-bond acceptors (Lipinski definition) is 2. The molecule has 1 heterocycles. The molecular formula is C11H21NO. The molecule has 76 valence electrons. The fourth-order valence-electron chi connectivity index (χ4n) is 1.95. The molecule has 0 N–H and O–H groups in total. The molecule has 2 heteroatoms. The maximum Gasteiger partial charge on any atom is 0.151 e. The van der Waals surface area contributed by atoms with E-state index in [1.807, 2.05) is 0 Å². The maximum absolute atomic E-state index is 11.6. The average Bonchev–Trinajstić information content (AvgIpc) is 2.31. The Balaban J connectivity index is 2.47. The summed E-state index contributed by atoms with van der Waals surface area (Å²) < 4.78 is 0. The Kier molecular flexibility index (Phi) is 3.48. The summed E-state index contributed by atoms with van der Waals surface area (Å²) in [6.07, 6.45) is 1.06. The molecule has 1 rings (SSSR count). The zero-order chi connectivity index (χ0) is 10.0. The molecule has 1 fully saturated rings. The molecule has 0 unspecified atom stereocenters. The van der Waals surface area contributed by atoms with Crippen molar-refractivity contribution < 1.29 is 4.79 Å². The molecule has 1 saturated heterocycles. The minimum atomic E-state index is 0.308. The summed E-state index contributed by atoms with van der Waals surface area (Å²) in [5.41, 5.74) is 0. The second-order valence-electron chi connectivity index (χ2n) is 4.82. The minimum absolute atomic E-state index is 0.308. The molecule has 2 nitrogen and oxygen atoms in total. The lowest BCUT2D eigenvalue weighted by Gasteiger charge is -2.19. The van der Waals surface area contributed by atoms with Gasteiger partial charge in [-0.25, -0.2) is 0 Å². The molecule has 0 aromatic carbocycles. The van der Waals surface area contributed by atoms with Crippen molar-refractivity contribution in [2.75, 3.05) is 13.1 Å². The van der Waals surface area contributed by atoms with Crippen LogP contribution in [0.3, 0.4) is 0 Å². The third-order valence-electron chi connectivity index (χ3n) is 2.76. The normalized spacial score (nSPS) is 25.1. The van der Waals surface area contributed by atoms with E-state index >= 15 is 0 Å². The van der Waals surface area contributed by atoms with E-state index in [0.29, 0.717) is 30.2 Å². The number of nitrogens with zero attached hydrogens (tertiary/aromatic N) is 1. The van der Waals surface area contributed by atoms with Crippen molar-refractivity contribution in [2.24, 2.45) is 11.8 Å². The quantitative estimate of drug-likeness (QED) is 0.666. The molecular weight excluding hydrogens is 162 g/mol. The Labute approximate surface area is 81.3 Å². The fraction of sp³-hybridized carbons (Fsp3) is 0.909. The third kappa shape index (κ3) is 2.80. The van der Waals surface area contributed by atoms with Crippen LogP contribution in [0.1, 0.15) is 34.1 Å². The van der Waals surface area contributed by atoms with Gasteiger partial charge in [0, 0.05) is 18.5 Å². The van der Waals surface area contributed by atoms with E-state index in [1.165, 1.54) is 0 Å². The molecule has 0 aromatic heterocycles. The van der Waals surface area contributed by atoms with Gasteiger partial charge in [0.25, 0.3) is 0 Å². The first-order valence-corrected chi connectivity index (χ1v) is 5.27. The Bertz CT molecular complexity index is 187. The van der Waals surface area contributed by atoms with Crippen LogP contribution in [0.15, 0.2) is 0 Å². The van der Waals surface area contributed by atoms with Crippen LogP contribution in [0, 0.1) is 11.8 Å². The highest BCUT2D eigenvalue weighted by Crippen LogP contribution is 2.21. The van der Waals surface area contributed by atoms with Crippen LogP contribution in [0.25, 0.3) is 0 Å². The molecule has 0 aromatic rings. The van der Waals surface area contributed by atoms with E-state index in [1.54, 1.807) is 0 Å². The van der Waals surface area contributed by atoms with Gasteiger partial charge in [0.15, 0.2) is 5.78 Å². The molecule has 1 aliphatic rings. The number of ketones is 1. The Morgan fingerprint density at radius 2 is 2.00 bits per heavy atom. The molecule has 0 aliphatic carbocycles. The fourth-order valence-corrected chi connectivity index (χ4v) is 1.95. The predicted octanol–water partition coefficient (Wildman–Crippen LogP) is 1.94. The number of likely N-dealkylation sites (tertiary alicyclic amines) is 1. The van der Waals surface area contributed by atoms with Gasteiger partial charge < -0.3 is 0 Å². The van der Waals surface area contributed by atoms with Crippen molar-refractivity contribution in [2.45, 2.75) is 40.2 Å². The molecule has 0 bridgehead atoms. The zero-order valence-electron chi connectivity index (χ0n) is 9.21. The van der Waals surface area contributed by atoms with Gasteiger partial charge in [-0.2, -0.15) is 0 Å². The highest BCUT2D eigenvalue weighted by atomic mass is 16.1. The second-order valence-corrected chi connectivity index (χ2v) is 4.82. The Morgan fingerprint density at radius 3 is 2.38 bits per heavy atom. The van der Waals surface area contributed by atoms with Gasteiger partial charge in [0.2, 0.25) is 0 Å². The van der Waals surface area contributed by atoms with Crippen LogP contribution in [0.5, 0.6) is 0 Å². The molecule has 0 saturated carbocycles. The van der Waals surface area contributed by atoms with Gasteiger partial charge in [-0.1, -0.05) is 13.8 Å². The number of carbonyl (C=O) groups is 1. The number of Topliss-reactive ketones (excluding diaryl/α,β-unsaturated/α-hetero) is 1. The number of hydrogen-bond donors (Lipinski definition) is 0. The second kappa shape index (κ2) is 4.23. The van der Waals surface area contributed by atoms with Crippen LogP contribution < -0.4 is 0 Å². The zero-order valence-corrected chi connectivity index (χ0v) is 9.21. The summed E-state index contributed by atoms with van der Waals surface area (Å²) in [5, 5.41) is 0. The topological polar surface area (TPSA) is 20.3 Å². The summed E-state index contributed by atoms with van der Waals surface area (Å²) in [4.78, 5) is 13.9. The summed E-state index contributed by atoms with van der Waals surface area (Å²) in [7, 11) is 0. The molecule has 13 heavy (non-hydrogen) atoms. The summed E-state index contributed by atoms with van der Waals surface area (Å²) in [5.74, 6) is 1.39. The molecule has 0 radical (unpaired) electrons. The number of carbonyl (C=O) groups excluding carboxylic acids is 1.